The van der Waals surface area contributed by atoms with E-state index in [1.807, 2.05) is 0 Å². The smallest absolute Gasteiger partial charge is 0.129 e. The van der Waals surface area contributed by atoms with Crippen molar-refractivity contribution in [3.63, 3.8) is 0 Å². The first kappa shape index (κ1) is 15.4. The van der Waals surface area contributed by atoms with Crippen LogP contribution in [-0.2, 0) is 11.2 Å². The summed E-state index contributed by atoms with van der Waals surface area (Å²) >= 11 is 0. The third-order valence-electron chi connectivity index (χ3n) is 3.52. The molecule has 0 radical (unpaired) electrons. The molecule has 0 amide bonds. The minimum Gasteiger partial charge on any atom is -0.379 e. The summed E-state index contributed by atoms with van der Waals surface area (Å²) in [4.78, 5) is 2.39. The van der Waals surface area contributed by atoms with Gasteiger partial charge in [-0.25, -0.2) is 8.78 Å². The largest absolute Gasteiger partial charge is 0.379 e. The van der Waals surface area contributed by atoms with Crippen molar-refractivity contribution in [2.75, 3.05) is 45.9 Å². The van der Waals surface area contributed by atoms with Gasteiger partial charge in [0.25, 0.3) is 0 Å². The molecule has 0 spiro atoms. The maximum atomic E-state index is 13.4. The van der Waals surface area contributed by atoms with E-state index in [9.17, 15) is 8.78 Å². The number of nitrogens with one attached hydrogen (secondary N) is 1. The van der Waals surface area contributed by atoms with E-state index in [4.69, 9.17) is 4.74 Å². The lowest BCUT2D eigenvalue weighted by atomic mass is 10.1. The van der Waals surface area contributed by atoms with Gasteiger partial charge in [0.05, 0.1) is 13.2 Å². The summed E-state index contributed by atoms with van der Waals surface area (Å²) in [6, 6.07) is 3.75. The van der Waals surface area contributed by atoms with Crippen molar-refractivity contribution in [3.8, 4) is 0 Å². The van der Waals surface area contributed by atoms with Crippen LogP contribution in [0.1, 0.15) is 12.0 Å². The van der Waals surface area contributed by atoms with Crippen LogP contribution >= 0.6 is 0 Å². The monoisotopic (exact) mass is 284 g/mol. The Hall–Kier alpha value is -1.04. The van der Waals surface area contributed by atoms with E-state index in [1.165, 1.54) is 12.1 Å². The molecule has 5 heteroatoms. The summed E-state index contributed by atoms with van der Waals surface area (Å²) in [6.07, 6.45) is 1.66. The van der Waals surface area contributed by atoms with E-state index in [0.717, 1.165) is 51.9 Å². The molecule has 1 N–H and O–H groups in total. The minimum atomic E-state index is -0.523. The predicted octanol–water partition coefficient (Wildman–Crippen LogP) is 1.82. The van der Waals surface area contributed by atoms with Crippen LogP contribution < -0.4 is 5.32 Å². The van der Waals surface area contributed by atoms with Gasteiger partial charge in [-0.1, -0.05) is 6.07 Å². The molecule has 2 rings (SSSR count). The fourth-order valence-electron chi connectivity index (χ4n) is 2.32. The maximum Gasteiger partial charge on any atom is 0.129 e. The first-order chi connectivity index (χ1) is 9.75. The lowest BCUT2D eigenvalue weighted by Gasteiger charge is -2.26. The molecule has 1 aromatic carbocycles. The highest BCUT2D eigenvalue weighted by atomic mass is 19.1. The summed E-state index contributed by atoms with van der Waals surface area (Å²) in [5.74, 6) is -0.982. The summed E-state index contributed by atoms with van der Waals surface area (Å²) in [6.45, 7) is 6.39. The molecular formula is C15H22F2N2O. The number of morpholine rings is 1. The number of ether oxygens (including phenoxy) is 1. The van der Waals surface area contributed by atoms with E-state index in [2.05, 4.69) is 10.2 Å². The lowest BCUT2D eigenvalue weighted by Crippen LogP contribution is -2.37. The average Bonchev–Trinajstić information content (AvgIpc) is 2.46. The molecule has 1 aliphatic rings. The highest BCUT2D eigenvalue weighted by molar-refractivity contribution is 5.18. The molecule has 0 saturated carbocycles. The number of halogens is 2. The van der Waals surface area contributed by atoms with E-state index in [0.29, 0.717) is 18.5 Å². The molecule has 1 fully saturated rings. The summed E-state index contributed by atoms with van der Waals surface area (Å²) in [7, 11) is 0. The second-order valence-electron chi connectivity index (χ2n) is 5.04. The second-order valence-corrected chi connectivity index (χ2v) is 5.04. The SMILES string of the molecule is Fc1ccc(CCNCCCN2CCOCC2)c(F)c1. The molecule has 1 saturated heterocycles. The van der Waals surface area contributed by atoms with E-state index in [-0.39, 0.29) is 0 Å². The van der Waals surface area contributed by atoms with Crippen LogP contribution in [0.25, 0.3) is 0 Å². The predicted molar refractivity (Wildman–Crippen MR) is 74.8 cm³/mol. The molecule has 0 atom stereocenters. The van der Waals surface area contributed by atoms with Crippen LogP contribution in [0.15, 0.2) is 18.2 Å². The number of rotatable bonds is 7. The Morgan fingerprint density at radius 2 is 1.95 bits per heavy atom. The molecule has 1 aliphatic heterocycles. The van der Waals surface area contributed by atoms with Crippen LogP contribution in [0.4, 0.5) is 8.78 Å². The molecule has 20 heavy (non-hydrogen) atoms. The van der Waals surface area contributed by atoms with Crippen LogP contribution in [-0.4, -0.2) is 50.8 Å². The number of benzene rings is 1. The second kappa shape index (κ2) is 8.29. The molecule has 0 aliphatic carbocycles. The maximum absolute atomic E-state index is 13.4. The van der Waals surface area contributed by atoms with Crippen molar-refractivity contribution >= 4 is 0 Å². The third kappa shape index (κ3) is 5.15. The molecule has 1 heterocycles. The fraction of sp³-hybridized carbons (Fsp3) is 0.600. The zero-order valence-corrected chi connectivity index (χ0v) is 11.7. The van der Waals surface area contributed by atoms with Crippen molar-refractivity contribution < 1.29 is 13.5 Å². The quantitative estimate of drug-likeness (QED) is 0.773. The van der Waals surface area contributed by atoms with Crippen molar-refractivity contribution in [2.45, 2.75) is 12.8 Å². The standard InChI is InChI=1S/C15H22F2N2O/c16-14-3-2-13(15(17)12-14)4-6-18-5-1-7-19-8-10-20-11-9-19/h2-3,12,18H,1,4-11H2. The van der Waals surface area contributed by atoms with Gasteiger partial charge in [0.2, 0.25) is 0 Å². The first-order valence-electron chi connectivity index (χ1n) is 7.20. The lowest BCUT2D eigenvalue weighted by molar-refractivity contribution is 0.0375. The van der Waals surface area contributed by atoms with Crippen molar-refractivity contribution in [1.29, 1.82) is 0 Å². The van der Waals surface area contributed by atoms with Gasteiger partial charge in [-0.3, -0.25) is 4.90 Å². The zero-order chi connectivity index (χ0) is 14.2. The third-order valence-corrected chi connectivity index (χ3v) is 3.52. The van der Waals surface area contributed by atoms with Gasteiger partial charge >= 0.3 is 0 Å². The highest BCUT2D eigenvalue weighted by Gasteiger charge is 2.09. The highest BCUT2D eigenvalue weighted by Crippen LogP contribution is 2.09. The topological polar surface area (TPSA) is 24.5 Å². The fourth-order valence-corrected chi connectivity index (χ4v) is 2.32. The van der Waals surface area contributed by atoms with Gasteiger partial charge in [-0.05, 0) is 44.1 Å². The van der Waals surface area contributed by atoms with Gasteiger partial charge in [0.15, 0.2) is 0 Å². The average molecular weight is 284 g/mol. The van der Waals surface area contributed by atoms with Crippen LogP contribution in [0.3, 0.4) is 0 Å². The van der Waals surface area contributed by atoms with Crippen LogP contribution in [0.2, 0.25) is 0 Å². The van der Waals surface area contributed by atoms with E-state index in [1.54, 1.807) is 0 Å². The van der Waals surface area contributed by atoms with Gasteiger partial charge in [0.1, 0.15) is 11.6 Å². The number of hydrogen-bond acceptors (Lipinski definition) is 3. The Balaban J connectivity index is 1.55. The van der Waals surface area contributed by atoms with Gasteiger partial charge < -0.3 is 10.1 Å². The van der Waals surface area contributed by atoms with Gasteiger partial charge in [-0.15, -0.1) is 0 Å². The molecule has 112 valence electrons. The number of nitrogens with zero attached hydrogens (tertiary/aromatic N) is 1. The summed E-state index contributed by atoms with van der Waals surface area (Å²) in [5, 5.41) is 3.30. The van der Waals surface area contributed by atoms with E-state index < -0.39 is 11.6 Å². The summed E-state index contributed by atoms with van der Waals surface area (Å²) in [5.41, 5.74) is 0.562. The van der Waals surface area contributed by atoms with Crippen molar-refractivity contribution in [3.05, 3.63) is 35.4 Å². The van der Waals surface area contributed by atoms with Crippen LogP contribution in [0.5, 0.6) is 0 Å². The summed E-state index contributed by atoms with van der Waals surface area (Å²) < 4.78 is 31.4. The van der Waals surface area contributed by atoms with Crippen LogP contribution in [0, 0.1) is 11.6 Å². The Bertz CT molecular complexity index is 409. The first-order valence-corrected chi connectivity index (χ1v) is 7.20. The van der Waals surface area contributed by atoms with E-state index >= 15 is 0 Å². The van der Waals surface area contributed by atoms with Crippen molar-refractivity contribution in [1.82, 2.24) is 10.2 Å². The molecular weight excluding hydrogens is 262 g/mol. The molecule has 3 nitrogen and oxygen atoms in total. The Kier molecular flexibility index (Phi) is 6.36. The molecule has 0 aromatic heterocycles. The minimum absolute atomic E-state index is 0.458. The number of hydrogen-bond donors (Lipinski definition) is 1. The Morgan fingerprint density at radius 3 is 2.70 bits per heavy atom. The zero-order valence-electron chi connectivity index (χ0n) is 11.7. The van der Waals surface area contributed by atoms with Gasteiger partial charge in [-0.2, -0.15) is 0 Å². The van der Waals surface area contributed by atoms with Gasteiger partial charge in [0, 0.05) is 19.2 Å². The Labute approximate surface area is 118 Å². The molecule has 0 unspecified atom stereocenters. The Morgan fingerprint density at radius 1 is 1.15 bits per heavy atom. The van der Waals surface area contributed by atoms with Crippen molar-refractivity contribution in [2.24, 2.45) is 0 Å². The molecule has 1 aromatic rings. The molecule has 0 bridgehead atoms. The normalized spacial score (nSPS) is 16.5.